The summed E-state index contributed by atoms with van der Waals surface area (Å²) in [5.74, 6) is 1.57. The van der Waals surface area contributed by atoms with E-state index in [0.717, 1.165) is 110 Å². The Kier molecular flexibility index (Phi) is 19.2. The van der Waals surface area contributed by atoms with Crippen LogP contribution in [0.4, 0.5) is 23.0 Å². The molecule has 8 aromatic rings. The Balaban J connectivity index is 0.000000256. The van der Waals surface area contributed by atoms with Crippen LogP contribution in [0.15, 0.2) is 146 Å². The third kappa shape index (κ3) is 12.4. The maximum atomic E-state index is 5.03. The van der Waals surface area contributed by atoms with Gasteiger partial charge in [0.1, 0.15) is 0 Å². The van der Waals surface area contributed by atoms with Crippen molar-refractivity contribution in [1.29, 1.82) is 0 Å². The number of aromatic nitrogens is 4. The van der Waals surface area contributed by atoms with E-state index in [1.54, 1.807) is 0 Å². The molecule has 0 unspecified atom stereocenters. The molecule has 0 radical (unpaired) electrons. The van der Waals surface area contributed by atoms with Crippen LogP contribution in [0.5, 0.6) is 0 Å². The minimum absolute atomic E-state index is 0. The Morgan fingerprint density at radius 2 is 0.754 bits per heavy atom. The molecule has 312 valence electrons. The van der Waals surface area contributed by atoms with Gasteiger partial charge in [-0.3, -0.25) is 0 Å². The number of benzene rings is 4. The summed E-state index contributed by atoms with van der Waals surface area (Å²) in [6, 6.07) is 46.8. The van der Waals surface area contributed by atoms with Crippen LogP contribution in [-0.4, -0.2) is 19.1 Å². The molecule has 0 spiro atoms. The van der Waals surface area contributed by atoms with E-state index in [0.29, 0.717) is 0 Å². The average molecular weight is 974 g/mol. The molecule has 0 aliphatic carbocycles. The minimum atomic E-state index is 0. The summed E-state index contributed by atoms with van der Waals surface area (Å²) in [6.07, 6.45) is 12.9. The zero-order valence-corrected chi connectivity index (χ0v) is 40.7. The Bertz CT molecular complexity index is 2300. The molecule has 7 heteroatoms. The van der Waals surface area contributed by atoms with E-state index in [1.165, 1.54) is 33.4 Å². The molecule has 0 saturated carbocycles. The van der Waals surface area contributed by atoms with E-state index in [9.17, 15) is 0 Å². The first-order valence-corrected chi connectivity index (χ1v) is 21.2. The number of hydrogen-bond donors (Lipinski definition) is 0. The van der Waals surface area contributed by atoms with E-state index in [2.05, 4.69) is 158 Å². The van der Waals surface area contributed by atoms with Gasteiger partial charge in [-0.1, -0.05) is 186 Å². The summed E-state index contributed by atoms with van der Waals surface area (Å²) in [7, 11) is 0. The van der Waals surface area contributed by atoms with Crippen LogP contribution < -0.4 is 0 Å². The first-order chi connectivity index (χ1) is 28.6. The molecule has 0 fully saturated rings. The van der Waals surface area contributed by atoms with Crippen LogP contribution >= 0.6 is 0 Å². The van der Waals surface area contributed by atoms with Gasteiger partial charge >= 0.3 is 25.8 Å². The maximum Gasteiger partial charge on any atom is 4.00 e. The van der Waals surface area contributed by atoms with Crippen LogP contribution in [-0.2, 0) is 64.6 Å². The second kappa shape index (κ2) is 24.2. The molecule has 0 aliphatic heterocycles. The molecule has 0 bridgehead atoms. The van der Waals surface area contributed by atoms with Gasteiger partial charge < -0.3 is 44.6 Å². The number of pyridine rings is 2. The topological polar surface area (TPSA) is 63.8 Å². The fourth-order valence-electron chi connectivity index (χ4n) is 7.73. The van der Waals surface area contributed by atoms with Crippen LogP contribution in [0.2, 0.25) is 0 Å². The van der Waals surface area contributed by atoms with Crippen molar-refractivity contribution in [3.8, 4) is 0 Å². The first kappa shape index (κ1) is 48.4. The number of aryl methyl sites for hydroxylation is 4. The third-order valence-electron chi connectivity index (χ3n) is 10.5. The number of nitrogens with zero attached hydrogens (tertiary/aromatic N) is 6. The van der Waals surface area contributed by atoms with Gasteiger partial charge in [0, 0.05) is 36.8 Å². The van der Waals surface area contributed by atoms with Gasteiger partial charge in [0.25, 0.3) is 0 Å². The predicted molar refractivity (Wildman–Crippen MR) is 258 cm³/mol. The van der Waals surface area contributed by atoms with Crippen molar-refractivity contribution in [3.05, 3.63) is 205 Å². The summed E-state index contributed by atoms with van der Waals surface area (Å²) in [4.78, 5) is 9.85. The summed E-state index contributed by atoms with van der Waals surface area (Å²) in [5, 5.41) is 12.4. The summed E-state index contributed by atoms with van der Waals surface area (Å²) in [6.45, 7) is 10.5. The molecule has 0 atom stereocenters. The van der Waals surface area contributed by atoms with Crippen molar-refractivity contribution in [3.63, 3.8) is 0 Å². The van der Waals surface area contributed by atoms with Crippen molar-refractivity contribution < 1.29 is 25.8 Å². The number of para-hydroxylation sites is 2. The smallest absolute Gasteiger partial charge is 0.436 e. The Morgan fingerprint density at radius 3 is 1.08 bits per heavy atom. The third-order valence-corrected chi connectivity index (χ3v) is 10.5. The largest absolute Gasteiger partial charge is 4.00 e. The van der Waals surface area contributed by atoms with Crippen molar-refractivity contribution in [2.75, 3.05) is 0 Å². The van der Waals surface area contributed by atoms with Crippen LogP contribution in [0.25, 0.3) is 32.7 Å². The molecule has 4 aromatic heterocycles. The monoisotopic (exact) mass is 974 g/mol. The fraction of sp³-hybridized carbons (Fsp3) is 0.259. The van der Waals surface area contributed by atoms with E-state index in [-0.39, 0.29) is 40.7 Å². The zero-order valence-electron chi connectivity index (χ0n) is 37.1. The fourth-order valence-corrected chi connectivity index (χ4v) is 7.73. The standard InChI is InChI=1S/2C26H28N3.2CH3.Hf/c2*1-3-9-21-13-8-14-22(10-4-2)25(21)27-24-16-15-23-17-18-29(26(23)28-24)19-20-11-6-5-7-12-20;;;/h2*5-8,11-18H,3-4,9-10,19H2,1-2H3;2*1H3;/q4*-1;+4. The number of fused-ring (bicyclic) bond motifs is 2. The molecule has 6 nitrogen and oxygen atoms in total. The van der Waals surface area contributed by atoms with Gasteiger partial charge in [-0.25, -0.2) is 0 Å². The number of rotatable bonds is 16. The summed E-state index contributed by atoms with van der Waals surface area (Å²) < 4.78 is 4.41. The summed E-state index contributed by atoms with van der Waals surface area (Å²) in [5.41, 5.74) is 12.0. The first-order valence-electron chi connectivity index (χ1n) is 21.2. The molecule has 0 aliphatic rings. The quantitative estimate of drug-likeness (QED) is 0.0715. The average Bonchev–Trinajstić information content (AvgIpc) is 3.84. The molecular weight excluding hydrogens is 911 g/mol. The second-order valence-electron chi connectivity index (χ2n) is 15.1. The molecule has 4 heterocycles. The Hall–Kier alpha value is -5.27. The zero-order chi connectivity index (χ0) is 40.1. The number of hydrogen-bond acceptors (Lipinski definition) is 2. The van der Waals surface area contributed by atoms with Crippen LogP contribution in [0, 0.1) is 14.9 Å². The van der Waals surface area contributed by atoms with E-state index >= 15 is 0 Å². The van der Waals surface area contributed by atoms with Crippen molar-refractivity contribution in [1.82, 2.24) is 19.1 Å². The molecule has 61 heavy (non-hydrogen) atoms. The van der Waals surface area contributed by atoms with Crippen LogP contribution in [0.1, 0.15) is 86.8 Å². The van der Waals surface area contributed by atoms with E-state index in [1.807, 2.05) is 24.3 Å². The summed E-state index contributed by atoms with van der Waals surface area (Å²) >= 11 is 0. The molecule has 0 amide bonds. The van der Waals surface area contributed by atoms with E-state index in [4.69, 9.17) is 20.6 Å². The van der Waals surface area contributed by atoms with Crippen molar-refractivity contribution in [2.45, 2.75) is 92.2 Å². The molecule has 0 saturated heterocycles. The van der Waals surface area contributed by atoms with E-state index < -0.39 is 0 Å². The van der Waals surface area contributed by atoms with Gasteiger partial charge in [-0.15, -0.1) is 0 Å². The minimum Gasteiger partial charge on any atom is -0.436 e. The Morgan fingerprint density at radius 1 is 0.410 bits per heavy atom. The van der Waals surface area contributed by atoms with Gasteiger partial charge in [-0.2, -0.15) is 0 Å². The molecule has 0 N–H and O–H groups in total. The predicted octanol–water partition coefficient (Wildman–Crippen LogP) is 15.6. The molecular formula is C54H62HfN6. The van der Waals surface area contributed by atoms with Crippen LogP contribution in [0.3, 0.4) is 0 Å². The molecule has 4 aromatic carbocycles. The maximum absolute atomic E-state index is 5.03. The molecule has 8 rings (SSSR count). The van der Waals surface area contributed by atoms with Crippen molar-refractivity contribution >= 4 is 45.1 Å². The Labute approximate surface area is 384 Å². The van der Waals surface area contributed by atoms with Gasteiger partial charge in [0.15, 0.2) is 0 Å². The SMILES string of the molecule is CCCc1cccc(CCC)c1[N-]c1ccc2ccn(Cc3ccccc3)c2n1.CCCc1cccc(CCC)c1[N-]c1ccc2ccn(Cc3ccccc3)c2n1.[CH3-].[CH3-].[Hf+4]. The second-order valence-corrected chi connectivity index (χ2v) is 15.1. The normalized spacial score (nSPS) is 10.6. The van der Waals surface area contributed by atoms with Gasteiger partial charge in [-0.05, 0) is 93.3 Å². The van der Waals surface area contributed by atoms with Crippen molar-refractivity contribution in [2.24, 2.45) is 0 Å². The van der Waals surface area contributed by atoms with Gasteiger partial charge in [0.2, 0.25) is 0 Å². The van der Waals surface area contributed by atoms with Gasteiger partial charge in [0.05, 0.1) is 0 Å².